The lowest BCUT2D eigenvalue weighted by molar-refractivity contribution is -0.124. The van der Waals surface area contributed by atoms with Crippen molar-refractivity contribution in [1.29, 1.82) is 0 Å². The summed E-state index contributed by atoms with van der Waals surface area (Å²) in [7, 11) is 0. The lowest BCUT2D eigenvalue weighted by Gasteiger charge is -2.18. The van der Waals surface area contributed by atoms with E-state index < -0.39 is 0 Å². The number of ether oxygens (including phenoxy) is 1. The summed E-state index contributed by atoms with van der Waals surface area (Å²) in [4.78, 5) is 11.9. The number of nitrogens with one attached hydrogen (secondary N) is 2. The normalized spacial score (nSPS) is 12.5. The number of hydrogen-bond donors (Lipinski definition) is 2. The largest absolute Gasteiger partial charge is 0.483 e. The Hall–Kier alpha value is -1.55. The fourth-order valence-electron chi connectivity index (χ4n) is 1.71. The first-order valence-electron chi connectivity index (χ1n) is 7.63. The van der Waals surface area contributed by atoms with E-state index in [1.54, 1.807) is 0 Å². The van der Waals surface area contributed by atoms with E-state index in [4.69, 9.17) is 4.74 Å². The van der Waals surface area contributed by atoms with Crippen molar-refractivity contribution in [3.05, 3.63) is 29.8 Å². The molecule has 1 aromatic carbocycles. The Morgan fingerprint density at radius 3 is 2.43 bits per heavy atom. The first kappa shape index (κ1) is 17.5. The minimum absolute atomic E-state index is 0.0513. The summed E-state index contributed by atoms with van der Waals surface area (Å²) in [5, 5.41) is 6.30. The van der Waals surface area contributed by atoms with Gasteiger partial charge in [-0.15, -0.1) is 0 Å². The van der Waals surface area contributed by atoms with E-state index in [2.05, 4.69) is 38.3 Å². The van der Waals surface area contributed by atoms with Crippen LogP contribution in [0.3, 0.4) is 0 Å². The molecule has 0 fully saturated rings. The Kier molecular flexibility index (Phi) is 7.23. The third-order valence-electron chi connectivity index (χ3n) is 3.42. The highest BCUT2D eigenvalue weighted by atomic mass is 16.5. The quantitative estimate of drug-likeness (QED) is 0.774. The molecule has 4 nitrogen and oxygen atoms in total. The molecule has 1 atom stereocenters. The van der Waals surface area contributed by atoms with Gasteiger partial charge in [0.25, 0.3) is 5.91 Å². The maximum atomic E-state index is 11.9. The lowest BCUT2D eigenvalue weighted by Crippen LogP contribution is -2.39. The molecular weight excluding hydrogens is 264 g/mol. The van der Waals surface area contributed by atoms with Crippen LogP contribution in [0.4, 0.5) is 0 Å². The summed E-state index contributed by atoms with van der Waals surface area (Å²) < 4.78 is 5.66. The molecule has 4 heteroatoms. The van der Waals surface area contributed by atoms with Crippen molar-refractivity contribution in [2.45, 2.75) is 53.2 Å². The minimum Gasteiger partial charge on any atom is -0.483 e. The first-order valence-corrected chi connectivity index (χ1v) is 7.63. The molecule has 21 heavy (non-hydrogen) atoms. The number of benzene rings is 1. The molecular formula is C17H28N2O2. The molecule has 0 aliphatic rings. The van der Waals surface area contributed by atoms with Gasteiger partial charge in [0.15, 0.2) is 6.61 Å². The smallest absolute Gasteiger partial charge is 0.258 e. The first-order chi connectivity index (χ1) is 9.90. The van der Waals surface area contributed by atoms with Gasteiger partial charge in [0.2, 0.25) is 0 Å². The Morgan fingerprint density at radius 1 is 1.14 bits per heavy atom. The van der Waals surface area contributed by atoms with Gasteiger partial charge in [-0.05, 0) is 18.9 Å². The molecule has 0 heterocycles. The Balaban J connectivity index is 2.53. The molecule has 0 aliphatic carbocycles. The molecule has 0 aromatic heterocycles. The van der Waals surface area contributed by atoms with Gasteiger partial charge in [-0.3, -0.25) is 4.79 Å². The maximum absolute atomic E-state index is 11.9. The molecule has 1 aromatic rings. The predicted molar refractivity (Wildman–Crippen MR) is 86.4 cm³/mol. The zero-order valence-corrected chi connectivity index (χ0v) is 13.8. The van der Waals surface area contributed by atoms with Gasteiger partial charge in [0, 0.05) is 24.2 Å². The van der Waals surface area contributed by atoms with Gasteiger partial charge >= 0.3 is 0 Å². The number of hydrogen-bond acceptors (Lipinski definition) is 3. The van der Waals surface area contributed by atoms with E-state index in [1.165, 1.54) is 0 Å². The fraction of sp³-hybridized carbons (Fsp3) is 0.588. The van der Waals surface area contributed by atoms with E-state index in [0.717, 1.165) is 17.9 Å². The standard InChI is InChI=1S/C17H28N2O2/c1-12(2)14(5)19-17(20)11-21-16-9-7-6-8-15(16)10-18-13(3)4/h6-9,12-14,18H,10-11H2,1-5H3,(H,19,20). The van der Waals surface area contributed by atoms with E-state index in [9.17, 15) is 4.79 Å². The summed E-state index contributed by atoms with van der Waals surface area (Å²) >= 11 is 0. The topological polar surface area (TPSA) is 50.4 Å². The summed E-state index contributed by atoms with van der Waals surface area (Å²) in [6, 6.07) is 8.37. The lowest BCUT2D eigenvalue weighted by atomic mass is 10.1. The SMILES string of the molecule is CC(C)NCc1ccccc1OCC(=O)NC(C)C(C)C. The van der Waals surface area contributed by atoms with Crippen molar-refractivity contribution >= 4 is 5.91 Å². The molecule has 0 aliphatic heterocycles. The Morgan fingerprint density at radius 2 is 1.81 bits per heavy atom. The van der Waals surface area contributed by atoms with Gasteiger partial charge in [0.1, 0.15) is 5.75 Å². The van der Waals surface area contributed by atoms with E-state index >= 15 is 0 Å². The second-order valence-corrected chi connectivity index (χ2v) is 6.03. The molecule has 118 valence electrons. The molecule has 0 bridgehead atoms. The zero-order chi connectivity index (χ0) is 15.8. The number of carbonyl (C=O) groups is 1. The fourth-order valence-corrected chi connectivity index (χ4v) is 1.71. The third kappa shape index (κ3) is 6.63. The summed E-state index contributed by atoms with van der Waals surface area (Å²) in [6.07, 6.45) is 0. The van der Waals surface area contributed by atoms with Crippen molar-refractivity contribution < 1.29 is 9.53 Å². The van der Waals surface area contributed by atoms with Gasteiger partial charge < -0.3 is 15.4 Å². The number of amides is 1. The summed E-state index contributed by atoms with van der Waals surface area (Å²) in [6.45, 7) is 11.2. The van der Waals surface area contributed by atoms with Crippen LogP contribution in [0.25, 0.3) is 0 Å². The van der Waals surface area contributed by atoms with E-state index in [1.807, 2.05) is 31.2 Å². The van der Waals surface area contributed by atoms with Crippen LogP contribution in [0.5, 0.6) is 5.75 Å². The second-order valence-electron chi connectivity index (χ2n) is 6.03. The van der Waals surface area contributed by atoms with Gasteiger partial charge in [0.05, 0.1) is 0 Å². The van der Waals surface area contributed by atoms with Crippen LogP contribution in [0, 0.1) is 5.92 Å². The molecule has 1 amide bonds. The zero-order valence-electron chi connectivity index (χ0n) is 13.8. The van der Waals surface area contributed by atoms with Crippen LogP contribution < -0.4 is 15.4 Å². The minimum atomic E-state index is -0.0807. The number of rotatable bonds is 8. The van der Waals surface area contributed by atoms with Crippen LogP contribution in [0.15, 0.2) is 24.3 Å². The summed E-state index contributed by atoms with van der Waals surface area (Å²) in [5.74, 6) is 1.09. The molecule has 0 saturated carbocycles. The highest BCUT2D eigenvalue weighted by molar-refractivity contribution is 5.77. The van der Waals surface area contributed by atoms with Crippen LogP contribution in [0.1, 0.15) is 40.2 Å². The molecule has 1 unspecified atom stereocenters. The van der Waals surface area contributed by atoms with Crippen LogP contribution in [-0.4, -0.2) is 24.6 Å². The monoisotopic (exact) mass is 292 g/mol. The maximum Gasteiger partial charge on any atom is 0.258 e. The third-order valence-corrected chi connectivity index (χ3v) is 3.42. The van der Waals surface area contributed by atoms with Crippen molar-refractivity contribution in [3.8, 4) is 5.75 Å². The van der Waals surface area contributed by atoms with Crippen LogP contribution in [0.2, 0.25) is 0 Å². The molecule has 2 N–H and O–H groups in total. The van der Waals surface area contributed by atoms with Crippen molar-refractivity contribution in [3.63, 3.8) is 0 Å². The van der Waals surface area contributed by atoms with Crippen molar-refractivity contribution in [2.75, 3.05) is 6.61 Å². The highest BCUT2D eigenvalue weighted by Gasteiger charge is 2.12. The Labute approximate surface area is 128 Å². The van der Waals surface area contributed by atoms with Crippen LogP contribution >= 0.6 is 0 Å². The average molecular weight is 292 g/mol. The van der Waals surface area contributed by atoms with Crippen molar-refractivity contribution in [1.82, 2.24) is 10.6 Å². The Bertz CT molecular complexity index is 444. The molecule has 1 rings (SSSR count). The summed E-state index contributed by atoms with van der Waals surface area (Å²) in [5.41, 5.74) is 1.07. The van der Waals surface area contributed by atoms with Gasteiger partial charge in [-0.1, -0.05) is 45.9 Å². The number of para-hydroxylation sites is 1. The predicted octanol–water partition coefficient (Wildman–Crippen LogP) is 2.72. The molecule has 0 saturated heterocycles. The second kappa shape index (κ2) is 8.67. The van der Waals surface area contributed by atoms with Crippen molar-refractivity contribution in [2.24, 2.45) is 5.92 Å². The van der Waals surface area contributed by atoms with Crippen LogP contribution in [-0.2, 0) is 11.3 Å². The average Bonchev–Trinajstić information content (AvgIpc) is 2.43. The van der Waals surface area contributed by atoms with E-state index in [0.29, 0.717) is 12.0 Å². The molecule has 0 radical (unpaired) electrons. The van der Waals surface area contributed by atoms with E-state index in [-0.39, 0.29) is 18.6 Å². The van der Waals surface area contributed by atoms with Gasteiger partial charge in [-0.2, -0.15) is 0 Å². The van der Waals surface area contributed by atoms with Gasteiger partial charge in [-0.25, -0.2) is 0 Å². The molecule has 0 spiro atoms. The number of carbonyl (C=O) groups excluding carboxylic acids is 1. The highest BCUT2D eigenvalue weighted by Crippen LogP contribution is 2.17.